The lowest BCUT2D eigenvalue weighted by Crippen LogP contribution is -2.18. The molecular weight excluding hydrogens is 193 g/mol. The molecule has 0 saturated carbocycles. The van der Waals surface area contributed by atoms with Gasteiger partial charge in [0.2, 0.25) is 0 Å². The summed E-state index contributed by atoms with van der Waals surface area (Å²) in [5, 5.41) is 12.5. The highest BCUT2D eigenvalue weighted by atomic mass is 35.5. The molecule has 0 saturated heterocycles. The fourth-order valence-corrected chi connectivity index (χ4v) is 1.41. The Morgan fingerprint density at radius 3 is 2.85 bits per heavy atom. The molecule has 1 unspecified atom stereocenters. The fourth-order valence-electron chi connectivity index (χ4n) is 1.12. The average Bonchev–Trinajstić information content (AvgIpc) is 2.04. The first-order valence-corrected chi connectivity index (χ1v) is 4.31. The molecule has 0 aliphatic rings. The zero-order valence-corrected chi connectivity index (χ0v) is 7.98. The van der Waals surface area contributed by atoms with Crippen molar-refractivity contribution in [2.24, 2.45) is 0 Å². The molecule has 1 atom stereocenters. The van der Waals surface area contributed by atoms with Gasteiger partial charge < -0.3 is 10.4 Å². The quantitative estimate of drug-likeness (QED) is 0.784. The van der Waals surface area contributed by atoms with Gasteiger partial charge in [0.15, 0.2) is 0 Å². The van der Waals surface area contributed by atoms with Gasteiger partial charge in [0.25, 0.3) is 0 Å². The lowest BCUT2D eigenvalue weighted by molar-refractivity contribution is 0.173. The first-order valence-electron chi connectivity index (χ1n) is 3.93. The molecule has 0 spiro atoms. The molecule has 0 amide bonds. The van der Waals surface area contributed by atoms with Gasteiger partial charge in [-0.05, 0) is 19.2 Å². The minimum absolute atomic E-state index is 0.151. The van der Waals surface area contributed by atoms with Gasteiger partial charge in [-0.15, -0.1) is 0 Å². The van der Waals surface area contributed by atoms with Crippen LogP contribution in [0.4, 0.5) is 4.39 Å². The SMILES string of the molecule is CNCC(O)c1c(F)cccc1Cl. The maximum atomic E-state index is 13.2. The molecule has 1 rings (SSSR count). The van der Waals surface area contributed by atoms with Crippen LogP contribution in [-0.2, 0) is 0 Å². The lowest BCUT2D eigenvalue weighted by atomic mass is 10.1. The van der Waals surface area contributed by atoms with E-state index in [0.717, 1.165) is 0 Å². The van der Waals surface area contributed by atoms with Gasteiger partial charge in [-0.1, -0.05) is 17.7 Å². The zero-order chi connectivity index (χ0) is 9.84. The van der Waals surface area contributed by atoms with E-state index in [9.17, 15) is 9.50 Å². The van der Waals surface area contributed by atoms with Crippen LogP contribution < -0.4 is 5.32 Å². The van der Waals surface area contributed by atoms with Crippen LogP contribution in [0.25, 0.3) is 0 Å². The van der Waals surface area contributed by atoms with Crippen LogP contribution in [0.1, 0.15) is 11.7 Å². The Morgan fingerprint density at radius 1 is 1.62 bits per heavy atom. The zero-order valence-electron chi connectivity index (χ0n) is 7.22. The van der Waals surface area contributed by atoms with Crippen molar-refractivity contribution in [1.29, 1.82) is 0 Å². The monoisotopic (exact) mass is 203 g/mol. The second-order valence-electron chi connectivity index (χ2n) is 2.71. The van der Waals surface area contributed by atoms with Crippen molar-refractivity contribution in [3.8, 4) is 0 Å². The summed E-state index contributed by atoms with van der Waals surface area (Å²) in [6.07, 6.45) is -0.904. The molecule has 13 heavy (non-hydrogen) atoms. The normalized spacial score (nSPS) is 12.9. The van der Waals surface area contributed by atoms with E-state index < -0.39 is 11.9 Å². The molecule has 0 heterocycles. The van der Waals surface area contributed by atoms with E-state index >= 15 is 0 Å². The van der Waals surface area contributed by atoms with Crippen molar-refractivity contribution in [2.75, 3.05) is 13.6 Å². The summed E-state index contributed by atoms with van der Waals surface area (Å²) in [6.45, 7) is 0.278. The van der Waals surface area contributed by atoms with Gasteiger partial charge in [-0.25, -0.2) is 4.39 Å². The van der Waals surface area contributed by atoms with Crippen molar-refractivity contribution in [1.82, 2.24) is 5.32 Å². The Kier molecular flexibility index (Phi) is 3.66. The van der Waals surface area contributed by atoms with Crippen LogP contribution in [0.5, 0.6) is 0 Å². The predicted octanol–water partition coefficient (Wildman–Crippen LogP) is 1.73. The molecule has 0 bridgehead atoms. The Morgan fingerprint density at radius 2 is 2.31 bits per heavy atom. The summed E-state index contributed by atoms with van der Waals surface area (Å²) in [7, 11) is 1.68. The van der Waals surface area contributed by atoms with E-state index in [4.69, 9.17) is 11.6 Å². The largest absolute Gasteiger partial charge is 0.387 e. The van der Waals surface area contributed by atoms with Gasteiger partial charge in [-0.2, -0.15) is 0 Å². The summed E-state index contributed by atoms with van der Waals surface area (Å²) >= 11 is 5.73. The van der Waals surface area contributed by atoms with Crippen molar-refractivity contribution in [2.45, 2.75) is 6.10 Å². The lowest BCUT2D eigenvalue weighted by Gasteiger charge is -2.12. The number of nitrogens with one attached hydrogen (secondary N) is 1. The fraction of sp³-hybridized carbons (Fsp3) is 0.333. The summed E-state index contributed by atoms with van der Waals surface area (Å²) in [6, 6.07) is 4.34. The highest BCUT2D eigenvalue weighted by Gasteiger charge is 2.14. The number of aliphatic hydroxyl groups is 1. The van der Waals surface area contributed by atoms with E-state index in [2.05, 4.69) is 5.32 Å². The molecule has 0 aromatic heterocycles. The second kappa shape index (κ2) is 4.56. The standard InChI is InChI=1S/C9H11ClFNO/c1-12-5-8(13)9-6(10)3-2-4-7(9)11/h2-4,8,12-13H,5H2,1H3. The number of hydrogen-bond acceptors (Lipinski definition) is 2. The van der Waals surface area contributed by atoms with Crippen LogP contribution >= 0.6 is 11.6 Å². The van der Waals surface area contributed by atoms with Crippen LogP contribution in [0.2, 0.25) is 5.02 Å². The Labute approximate surface area is 81.3 Å². The van der Waals surface area contributed by atoms with Crippen molar-refractivity contribution in [3.63, 3.8) is 0 Å². The molecule has 72 valence electrons. The highest BCUT2D eigenvalue weighted by molar-refractivity contribution is 6.31. The van der Waals surface area contributed by atoms with Crippen molar-refractivity contribution >= 4 is 11.6 Å². The van der Waals surface area contributed by atoms with E-state index in [1.165, 1.54) is 12.1 Å². The minimum Gasteiger partial charge on any atom is -0.387 e. The number of benzene rings is 1. The molecule has 1 aromatic carbocycles. The third-order valence-electron chi connectivity index (χ3n) is 1.73. The number of hydrogen-bond donors (Lipinski definition) is 2. The molecule has 0 fully saturated rings. The Balaban J connectivity index is 2.98. The number of likely N-dealkylation sites (N-methyl/N-ethyl adjacent to an activating group) is 1. The molecule has 0 radical (unpaired) electrons. The molecule has 2 N–H and O–H groups in total. The predicted molar refractivity (Wildman–Crippen MR) is 50.3 cm³/mol. The molecule has 0 aliphatic heterocycles. The van der Waals surface area contributed by atoms with E-state index in [1.807, 2.05) is 0 Å². The third-order valence-corrected chi connectivity index (χ3v) is 2.06. The molecule has 4 heteroatoms. The van der Waals surface area contributed by atoms with Crippen LogP contribution in [0.15, 0.2) is 18.2 Å². The molecule has 0 aliphatic carbocycles. The summed E-state index contributed by atoms with van der Waals surface area (Å²) in [5.74, 6) is -0.477. The first kappa shape index (κ1) is 10.4. The smallest absolute Gasteiger partial charge is 0.130 e. The van der Waals surface area contributed by atoms with Gasteiger partial charge in [0, 0.05) is 17.1 Å². The van der Waals surface area contributed by atoms with Crippen molar-refractivity contribution < 1.29 is 9.50 Å². The summed E-state index contributed by atoms with van der Waals surface area (Å²) < 4.78 is 13.2. The van der Waals surface area contributed by atoms with E-state index in [-0.39, 0.29) is 17.1 Å². The van der Waals surface area contributed by atoms with Crippen molar-refractivity contribution in [3.05, 3.63) is 34.6 Å². The molecular formula is C9H11ClFNO. The highest BCUT2D eigenvalue weighted by Crippen LogP contribution is 2.25. The summed E-state index contributed by atoms with van der Waals surface area (Å²) in [4.78, 5) is 0. The van der Waals surface area contributed by atoms with Gasteiger partial charge >= 0.3 is 0 Å². The van der Waals surface area contributed by atoms with Crippen LogP contribution in [0, 0.1) is 5.82 Å². The van der Waals surface area contributed by atoms with E-state index in [0.29, 0.717) is 0 Å². The van der Waals surface area contributed by atoms with Gasteiger partial charge in [-0.3, -0.25) is 0 Å². The first-order chi connectivity index (χ1) is 6.16. The second-order valence-corrected chi connectivity index (χ2v) is 3.12. The van der Waals surface area contributed by atoms with E-state index in [1.54, 1.807) is 13.1 Å². The topological polar surface area (TPSA) is 32.3 Å². The number of rotatable bonds is 3. The third kappa shape index (κ3) is 2.40. The summed E-state index contributed by atoms with van der Waals surface area (Å²) in [5.41, 5.74) is 0.151. The maximum absolute atomic E-state index is 13.2. The van der Waals surface area contributed by atoms with Crippen LogP contribution in [-0.4, -0.2) is 18.7 Å². The number of halogens is 2. The maximum Gasteiger partial charge on any atom is 0.130 e. The van der Waals surface area contributed by atoms with Gasteiger partial charge in [0.05, 0.1) is 6.10 Å². The Hall–Kier alpha value is -0.640. The van der Waals surface area contributed by atoms with Crippen LogP contribution in [0.3, 0.4) is 0 Å². The average molecular weight is 204 g/mol. The molecule has 2 nitrogen and oxygen atoms in total. The number of aliphatic hydroxyl groups excluding tert-OH is 1. The Bertz CT molecular complexity index is 273. The van der Waals surface area contributed by atoms with Gasteiger partial charge in [0.1, 0.15) is 5.82 Å². The molecule has 1 aromatic rings. The minimum atomic E-state index is -0.904.